The summed E-state index contributed by atoms with van der Waals surface area (Å²) < 4.78 is 5.75. The SMILES string of the molecule is Cc1ccccc1OCCCNC(=O)CC1CC2CCC(C1)N2. The number of ether oxygens (including phenoxy) is 1. The Morgan fingerprint density at radius 2 is 2.00 bits per heavy atom. The van der Waals surface area contributed by atoms with E-state index in [-0.39, 0.29) is 5.91 Å². The smallest absolute Gasteiger partial charge is 0.220 e. The van der Waals surface area contributed by atoms with Crippen molar-refractivity contribution in [2.75, 3.05) is 13.2 Å². The van der Waals surface area contributed by atoms with Gasteiger partial charge in [0.2, 0.25) is 5.91 Å². The van der Waals surface area contributed by atoms with Crippen LogP contribution in [0.2, 0.25) is 0 Å². The summed E-state index contributed by atoms with van der Waals surface area (Å²) >= 11 is 0. The molecule has 0 aromatic heterocycles. The van der Waals surface area contributed by atoms with E-state index in [4.69, 9.17) is 4.74 Å². The van der Waals surface area contributed by atoms with E-state index in [2.05, 4.69) is 10.6 Å². The Hall–Kier alpha value is -1.55. The van der Waals surface area contributed by atoms with E-state index in [1.807, 2.05) is 31.2 Å². The summed E-state index contributed by atoms with van der Waals surface area (Å²) in [5.74, 6) is 1.70. The molecule has 0 aliphatic carbocycles. The zero-order valence-electron chi connectivity index (χ0n) is 14.0. The second-order valence-electron chi connectivity index (χ2n) is 7.00. The molecule has 4 nitrogen and oxygen atoms in total. The van der Waals surface area contributed by atoms with Gasteiger partial charge in [0.05, 0.1) is 6.61 Å². The fourth-order valence-corrected chi connectivity index (χ4v) is 3.88. The van der Waals surface area contributed by atoms with Crippen molar-refractivity contribution in [3.05, 3.63) is 29.8 Å². The number of aryl methyl sites for hydroxylation is 1. The number of carbonyl (C=O) groups excluding carboxylic acids is 1. The first kappa shape index (κ1) is 16.3. The van der Waals surface area contributed by atoms with E-state index >= 15 is 0 Å². The average molecular weight is 316 g/mol. The molecule has 2 fully saturated rings. The summed E-state index contributed by atoms with van der Waals surface area (Å²) in [7, 11) is 0. The van der Waals surface area contributed by atoms with Crippen molar-refractivity contribution >= 4 is 5.91 Å². The second-order valence-corrected chi connectivity index (χ2v) is 7.00. The highest BCUT2D eigenvalue weighted by molar-refractivity contribution is 5.76. The van der Waals surface area contributed by atoms with Crippen LogP contribution in [0.5, 0.6) is 5.75 Å². The minimum atomic E-state index is 0.201. The number of rotatable bonds is 7. The first-order valence-corrected chi connectivity index (χ1v) is 8.92. The van der Waals surface area contributed by atoms with Crippen LogP contribution in [0.1, 0.15) is 44.1 Å². The third kappa shape index (κ3) is 4.71. The third-order valence-corrected chi connectivity index (χ3v) is 5.04. The van der Waals surface area contributed by atoms with Gasteiger partial charge in [0.15, 0.2) is 0 Å². The number of fused-ring (bicyclic) bond motifs is 2. The first-order valence-electron chi connectivity index (χ1n) is 8.92. The molecular formula is C19H28N2O2. The summed E-state index contributed by atoms with van der Waals surface area (Å²) in [6.07, 6.45) is 6.45. The number of hydrogen-bond acceptors (Lipinski definition) is 3. The fraction of sp³-hybridized carbons (Fsp3) is 0.632. The minimum Gasteiger partial charge on any atom is -0.493 e. The molecule has 1 amide bonds. The number of amides is 1. The molecule has 23 heavy (non-hydrogen) atoms. The molecule has 0 saturated carbocycles. The number of piperidine rings is 1. The maximum absolute atomic E-state index is 12.1. The molecule has 126 valence electrons. The number of hydrogen-bond donors (Lipinski definition) is 2. The van der Waals surface area contributed by atoms with Gasteiger partial charge in [-0.15, -0.1) is 0 Å². The summed E-state index contributed by atoms with van der Waals surface area (Å²) in [6.45, 7) is 3.38. The summed E-state index contributed by atoms with van der Waals surface area (Å²) in [5.41, 5.74) is 1.15. The average Bonchev–Trinajstić information content (AvgIpc) is 2.87. The number of nitrogens with one attached hydrogen (secondary N) is 2. The highest BCUT2D eigenvalue weighted by Crippen LogP contribution is 2.32. The molecule has 0 radical (unpaired) electrons. The van der Waals surface area contributed by atoms with Gasteiger partial charge < -0.3 is 15.4 Å². The maximum atomic E-state index is 12.1. The number of carbonyl (C=O) groups is 1. The molecular weight excluding hydrogens is 288 g/mol. The van der Waals surface area contributed by atoms with Gasteiger partial charge in [-0.05, 0) is 56.6 Å². The van der Waals surface area contributed by atoms with Gasteiger partial charge in [0, 0.05) is 25.0 Å². The second kappa shape index (κ2) is 7.82. The summed E-state index contributed by atoms with van der Waals surface area (Å²) in [6, 6.07) is 9.34. The van der Waals surface area contributed by atoms with Crippen molar-refractivity contribution in [1.82, 2.24) is 10.6 Å². The van der Waals surface area contributed by atoms with Gasteiger partial charge >= 0.3 is 0 Å². The Labute approximate surface area is 139 Å². The van der Waals surface area contributed by atoms with Crippen LogP contribution in [0, 0.1) is 12.8 Å². The molecule has 1 aromatic carbocycles. The molecule has 2 saturated heterocycles. The zero-order chi connectivity index (χ0) is 16.1. The molecule has 2 aliphatic rings. The Morgan fingerprint density at radius 1 is 1.26 bits per heavy atom. The van der Waals surface area contributed by atoms with Crippen molar-refractivity contribution in [2.24, 2.45) is 5.92 Å². The molecule has 0 spiro atoms. The third-order valence-electron chi connectivity index (χ3n) is 5.04. The molecule has 3 rings (SSSR count). The van der Waals surface area contributed by atoms with Crippen LogP contribution in [0.25, 0.3) is 0 Å². The van der Waals surface area contributed by atoms with Crippen molar-refractivity contribution < 1.29 is 9.53 Å². The lowest BCUT2D eigenvalue weighted by molar-refractivity contribution is -0.122. The van der Waals surface area contributed by atoms with Crippen LogP contribution in [-0.4, -0.2) is 31.1 Å². The standard InChI is InChI=1S/C19H28N2O2/c1-14-5-2-3-6-18(14)23-10-4-9-20-19(22)13-15-11-16-7-8-17(12-15)21-16/h2-3,5-6,15-17,21H,4,7-13H2,1H3,(H,20,22). The van der Waals surface area contributed by atoms with Gasteiger partial charge in [-0.2, -0.15) is 0 Å². The number of benzene rings is 1. The Morgan fingerprint density at radius 3 is 2.74 bits per heavy atom. The van der Waals surface area contributed by atoms with Gasteiger partial charge in [0.1, 0.15) is 5.75 Å². The maximum Gasteiger partial charge on any atom is 0.220 e. The lowest BCUT2D eigenvalue weighted by Crippen LogP contribution is -2.39. The van der Waals surface area contributed by atoms with E-state index in [9.17, 15) is 4.79 Å². The van der Waals surface area contributed by atoms with Crippen LogP contribution >= 0.6 is 0 Å². The van der Waals surface area contributed by atoms with E-state index < -0.39 is 0 Å². The van der Waals surface area contributed by atoms with Crippen molar-refractivity contribution in [1.29, 1.82) is 0 Å². The molecule has 1 aromatic rings. The van der Waals surface area contributed by atoms with Gasteiger partial charge in [0.25, 0.3) is 0 Å². The van der Waals surface area contributed by atoms with E-state index in [1.54, 1.807) is 0 Å². The predicted octanol–water partition coefficient (Wildman–Crippen LogP) is 2.80. The molecule has 2 aliphatic heterocycles. The number of para-hydroxylation sites is 1. The van der Waals surface area contributed by atoms with Crippen LogP contribution in [0.4, 0.5) is 0 Å². The van der Waals surface area contributed by atoms with Gasteiger partial charge in [-0.3, -0.25) is 4.79 Å². The molecule has 2 unspecified atom stereocenters. The van der Waals surface area contributed by atoms with Gasteiger partial charge in [-0.1, -0.05) is 18.2 Å². The predicted molar refractivity (Wildman–Crippen MR) is 91.6 cm³/mol. The van der Waals surface area contributed by atoms with Crippen LogP contribution in [0.15, 0.2) is 24.3 Å². The normalized spacial score (nSPS) is 26.0. The molecule has 2 atom stereocenters. The zero-order valence-corrected chi connectivity index (χ0v) is 14.0. The van der Waals surface area contributed by atoms with Gasteiger partial charge in [-0.25, -0.2) is 0 Å². The molecule has 2 N–H and O–H groups in total. The van der Waals surface area contributed by atoms with E-state index in [1.165, 1.54) is 25.7 Å². The lowest BCUT2D eigenvalue weighted by Gasteiger charge is -2.28. The Kier molecular flexibility index (Phi) is 5.55. The molecule has 4 heteroatoms. The topological polar surface area (TPSA) is 50.4 Å². The largest absolute Gasteiger partial charge is 0.493 e. The highest BCUT2D eigenvalue weighted by Gasteiger charge is 2.33. The molecule has 2 bridgehead atoms. The molecule has 2 heterocycles. The van der Waals surface area contributed by atoms with Crippen molar-refractivity contribution in [3.63, 3.8) is 0 Å². The van der Waals surface area contributed by atoms with Crippen molar-refractivity contribution in [2.45, 2.75) is 57.5 Å². The van der Waals surface area contributed by atoms with Crippen LogP contribution in [0.3, 0.4) is 0 Å². The Bertz CT molecular complexity index is 520. The monoisotopic (exact) mass is 316 g/mol. The van der Waals surface area contributed by atoms with Crippen LogP contribution < -0.4 is 15.4 Å². The minimum absolute atomic E-state index is 0.201. The summed E-state index contributed by atoms with van der Waals surface area (Å²) in [4.78, 5) is 12.1. The lowest BCUT2D eigenvalue weighted by atomic mass is 9.89. The Balaban J connectivity index is 1.28. The fourth-order valence-electron chi connectivity index (χ4n) is 3.88. The summed E-state index contributed by atoms with van der Waals surface area (Å²) in [5, 5.41) is 6.67. The van der Waals surface area contributed by atoms with E-state index in [0.717, 1.165) is 17.7 Å². The first-order chi connectivity index (χ1) is 11.2. The van der Waals surface area contributed by atoms with E-state index in [0.29, 0.717) is 37.6 Å². The quantitative estimate of drug-likeness (QED) is 0.761. The van der Waals surface area contributed by atoms with Crippen LogP contribution in [-0.2, 0) is 4.79 Å². The van der Waals surface area contributed by atoms with Crippen molar-refractivity contribution in [3.8, 4) is 5.75 Å². The highest BCUT2D eigenvalue weighted by atomic mass is 16.5.